The first-order valence-corrected chi connectivity index (χ1v) is 13.8. The third kappa shape index (κ3) is 6.34. The monoisotopic (exact) mass is 278 g/mol. The molecule has 0 bridgehead atoms. The van der Waals surface area contributed by atoms with Gasteiger partial charge in [0.1, 0.15) is 0 Å². The van der Waals surface area contributed by atoms with Crippen molar-refractivity contribution in [2.45, 2.75) is 71.1 Å². The molecule has 0 saturated carbocycles. The minimum Gasteiger partial charge on any atom is -0.458 e. The molecule has 16 heavy (non-hydrogen) atoms. The first-order chi connectivity index (χ1) is 7.33. The van der Waals surface area contributed by atoms with Crippen molar-refractivity contribution in [1.29, 1.82) is 0 Å². The molecule has 0 N–H and O–H groups in total. The summed E-state index contributed by atoms with van der Waals surface area (Å²) in [5, 5.41) is 0.725. The highest BCUT2D eigenvalue weighted by Gasteiger charge is 2.31. The molecule has 1 atom stereocenters. The SMILES string of the molecule is CCC(CC)O[SiH2]C(C)[Si](C)(C)O[SiH](C)C. The van der Waals surface area contributed by atoms with Crippen molar-refractivity contribution in [1.82, 2.24) is 0 Å². The summed E-state index contributed by atoms with van der Waals surface area (Å²) in [5.41, 5.74) is 0. The Morgan fingerprint density at radius 1 is 1.19 bits per heavy atom. The second-order valence-corrected chi connectivity index (χ2v) is 15.4. The van der Waals surface area contributed by atoms with Crippen molar-refractivity contribution in [2.75, 3.05) is 0 Å². The summed E-state index contributed by atoms with van der Waals surface area (Å²) in [7, 11) is -2.77. The summed E-state index contributed by atoms with van der Waals surface area (Å²) >= 11 is 0. The van der Waals surface area contributed by atoms with E-state index in [1.165, 1.54) is 0 Å². The van der Waals surface area contributed by atoms with E-state index in [1.807, 2.05) is 0 Å². The Labute approximate surface area is 107 Å². The van der Waals surface area contributed by atoms with Crippen LogP contribution in [0.2, 0.25) is 31.4 Å². The normalized spacial score (nSPS) is 15.6. The Morgan fingerprint density at radius 2 is 1.69 bits per heavy atom. The number of hydrogen-bond donors (Lipinski definition) is 0. The fourth-order valence-electron chi connectivity index (χ4n) is 1.73. The topological polar surface area (TPSA) is 18.5 Å². The van der Waals surface area contributed by atoms with Gasteiger partial charge in [0.15, 0.2) is 27.1 Å². The van der Waals surface area contributed by atoms with E-state index in [1.54, 1.807) is 0 Å². The molecule has 0 amide bonds. The lowest BCUT2D eigenvalue weighted by atomic mass is 10.2. The highest BCUT2D eigenvalue weighted by Crippen LogP contribution is 2.23. The smallest absolute Gasteiger partial charge is 0.175 e. The molecule has 0 aliphatic rings. The van der Waals surface area contributed by atoms with Gasteiger partial charge in [-0.15, -0.1) is 0 Å². The molecule has 0 aliphatic carbocycles. The Hall–Kier alpha value is 0.571. The van der Waals surface area contributed by atoms with Crippen LogP contribution in [0.4, 0.5) is 0 Å². The summed E-state index contributed by atoms with van der Waals surface area (Å²) in [6.45, 7) is 16.0. The molecule has 0 aromatic heterocycles. The Morgan fingerprint density at radius 3 is 2.06 bits per heavy atom. The molecule has 0 aliphatic heterocycles. The number of hydrogen-bond acceptors (Lipinski definition) is 2. The highest BCUT2D eigenvalue weighted by atomic mass is 28.4. The molecule has 0 fully saturated rings. The van der Waals surface area contributed by atoms with E-state index >= 15 is 0 Å². The first kappa shape index (κ1) is 16.6. The lowest BCUT2D eigenvalue weighted by molar-refractivity contribution is 0.201. The van der Waals surface area contributed by atoms with Crippen LogP contribution in [0.5, 0.6) is 0 Å². The van der Waals surface area contributed by atoms with Crippen LogP contribution in [0.1, 0.15) is 33.6 Å². The molecule has 0 aromatic rings. The Bertz CT molecular complexity index is 182. The number of rotatable bonds is 8. The zero-order valence-corrected chi connectivity index (χ0v) is 15.7. The Balaban J connectivity index is 4.07. The van der Waals surface area contributed by atoms with Crippen LogP contribution in [0.3, 0.4) is 0 Å². The first-order valence-electron chi connectivity index (χ1n) is 6.62. The molecule has 0 aromatic carbocycles. The predicted octanol–water partition coefficient (Wildman–Crippen LogP) is 2.83. The van der Waals surface area contributed by atoms with Crippen LogP contribution in [0.15, 0.2) is 0 Å². The lowest BCUT2D eigenvalue weighted by Crippen LogP contribution is -2.42. The maximum absolute atomic E-state index is 6.23. The van der Waals surface area contributed by atoms with Crippen LogP contribution in [0.25, 0.3) is 0 Å². The molecular formula is C11H30O2Si3. The van der Waals surface area contributed by atoms with Crippen molar-refractivity contribution in [3.63, 3.8) is 0 Å². The van der Waals surface area contributed by atoms with Crippen molar-refractivity contribution >= 4 is 27.1 Å². The van der Waals surface area contributed by atoms with Crippen LogP contribution in [0, 0.1) is 0 Å². The van der Waals surface area contributed by atoms with E-state index < -0.39 is 27.1 Å². The van der Waals surface area contributed by atoms with Crippen LogP contribution in [-0.2, 0) is 8.54 Å². The molecular weight excluding hydrogens is 248 g/mol. The third-order valence-electron chi connectivity index (χ3n) is 3.22. The van der Waals surface area contributed by atoms with E-state index in [9.17, 15) is 0 Å². The molecule has 0 saturated heterocycles. The average molecular weight is 279 g/mol. The molecule has 98 valence electrons. The second-order valence-electron chi connectivity index (χ2n) is 5.44. The van der Waals surface area contributed by atoms with E-state index in [-0.39, 0.29) is 0 Å². The molecule has 1 unspecified atom stereocenters. The van der Waals surface area contributed by atoms with Crippen LogP contribution >= 0.6 is 0 Å². The van der Waals surface area contributed by atoms with Gasteiger partial charge in [-0.2, -0.15) is 0 Å². The zero-order chi connectivity index (χ0) is 12.8. The van der Waals surface area contributed by atoms with E-state index in [0.29, 0.717) is 6.10 Å². The van der Waals surface area contributed by atoms with Gasteiger partial charge in [-0.05, 0) is 44.2 Å². The summed E-state index contributed by atoms with van der Waals surface area (Å²) in [4.78, 5) is 0. The molecule has 2 nitrogen and oxygen atoms in total. The molecule has 0 spiro atoms. The van der Waals surface area contributed by atoms with Crippen molar-refractivity contribution in [3.05, 3.63) is 0 Å². The van der Waals surface area contributed by atoms with Crippen molar-refractivity contribution in [2.24, 2.45) is 0 Å². The Kier molecular flexibility index (Phi) is 8.09. The molecule has 0 rings (SSSR count). The van der Waals surface area contributed by atoms with Gasteiger partial charge in [0.2, 0.25) is 0 Å². The van der Waals surface area contributed by atoms with E-state index in [4.69, 9.17) is 8.54 Å². The largest absolute Gasteiger partial charge is 0.458 e. The zero-order valence-electron chi connectivity index (χ0n) is 12.2. The summed E-state index contributed by atoms with van der Waals surface area (Å²) in [5.74, 6) is 0. The maximum atomic E-state index is 6.23. The summed E-state index contributed by atoms with van der Waals surface area (Å²) < 4.78 is 12.3. The van der Waals surface area contributed by atoms with Gasteiger partial charge in [-0.1, -0.05) is 20.8 Å². The molecule has 0 radical (unpaired) electrons. The lowest BCUT2D eigenvalue weighted by Gasteiger charge is -2.32. The maximum Gasteiger partial charge on any atom is 0.175 e. The van der Waals surface area contributed by atoms with Gasteiger partial charge in [0.05, 0.1) is 0 Å². The van der Waals surface area contributed by atoms with Crippen LogP contribution in [-0.4, -0.2) is 33.2 Å². The minimum absolute atomic E-state index is 0.422. The predicted molar refractivity (Wildman–Crippen MR) is 80.9 cm³/mol. The van der Waals surface area contributed by atoms with E-state index in [2.05, 4.69) is 47.0 Å². The van der Waals surface area contributed by atoms with Gasteiger partial charge >= 0.3 is 0 Å². The summed E-state index contributed by atoms with van der Waals surface area (Å²) in [6, 6.07) is 0. The third-order valence-corrected chi connectivity index (χ3v) is 14.5. The molecule has 0 heterocycles. The minimum atomic E-state index is -1.46. The fourth-order valence-corrected chi connectivity index (χ4v) is 11.3. The fraction of sp³-hybridized carbons (Fsp3) is 1.00. The van der Waals surface area contributed by atoms with Gasteiger partial charge < -0.3 is 8.54 Å². The van der Waals surface area contributed by atoms with E-state index in [0.717, 1.165) is 18.0 Å². The summed E-state index contributed by atoms with van der Waals surface area (Å²) in [6.07, 6.45) is 2.80. The van der Waals surface area contributed by atoms with Crippen molar-refractivity contribution < 1.29 is 8.54 Å². The standard InChI is InChI=1S/C11H30O2Si3/c1-8-11(9-2)12-14-10(3)16(6,7)13-15(4)5/h10-11,15H,8-9,14H2,1-7H3. The average Bonchev–Trinajstić information content (AvgIpc) is 2.17. The second kappa shape index (κ2) is 7.81. The van der Waals surface area contributed by atoms with Crippen LogP contribution < -0.4 is 0 Å². The van der Waals surface area contributed by atoms with Gasteiger partial charge in [-0.25, -0.2) is 0 Å². The highest BCUT2D eigenvalue weighted by molar-refractivity contribution is 6.84. The van der Waals surface area contributed by atoms with Gasteiger partial charge in [0, 0.05) is 6.10 Å². The van der Waals surface area contributed by atoms with Gasteiger partial charge in [0.25, 0.3) is 0 Å². The van der Waals surface area contributed by atoms with Crippen molar-refractivity contribution in [3.8, 4) is 0 Å². The molecule has 5 heteroatoms. The van der Waals surface area contributed by atoms with Gasteiger partial charge in [-0.3, -0.25) is 0 Å². The quantitative estimate of drug-likeness (QED) is 0.636.